The van der Waals surface area contributed by atoms with Gasteiger partial charge in [-0.1, -0.05) is 22.0 Å². The minimum atomic E-state index is -0.907. The predicted molar refractivity (Wildman–Crippen MR) is 62.4 cm³/mol. The van der Waals surface area contributed by atoms with Crippen molar-refractivity contribution in [2.75, 3.05) is 0 Å². The van der Waals surface area contributed by atoms with Crippen LogP contribution in [0.2, 0.25) is 0 Å². The molecule has 0 atom stereocenters. The maximum Gasteiger partial charge on any atom is 0.307 e. The summed E-state index contributed by atoms with van der Waals surface area (Å²) < 4.78 is 0. The van der Waals surface area contributed by atoms with Crippen LogP contribution in [0.1, 0.15) is 16.7 Å². The molecule has 15 heavy (non-hydrogen) atoms. The Hall–Kier alpha value is -0.990. The molecule has 5 heteroatoms. The Labute approximate surface area is 101 Å². The third-order valence-corrected chi connectivity index (χ3v) is 2.93. The highest BCUT2D eigenvalue weighted by atomic mass is 79.9. The second-order valence-electron chi connectivity index (χ2n) is 2.95. The molecular formula is C10H8BrNO2S. The molecule has 1 aromatic rings. The number of hydrogen-bond acceptors (Lipinski definition) is 3. The molecule has 0 aliphatic carbocycles. The van der Waals surface area contributed by atoms with Crippen LogP contribution in [0.4, 0.5) is 0 Å². The third-order valence-electron chi connectivity index (χ3n) is 1.91. The van der Waals surface area contributed by atoms with Gasteiger partial charge < -0.3 is 5.11 Å². The quantitative estimate of drug-likeness (QED) is 0.662. The fraction of sp³-hybridized carbons (Fsp3) is 0.200. The highest BCUT2D eigenvalue weighted by Gasteiger charge is 2.09. The lowest BCUT2D eigenvalue weighted by atomic mass is 10.0. The Morgan fingerprint density at radius 3 is 2.67 bits per heavy atom. The highest BCUT2D eigenvalue weighted by molar-refractivity contribution is 9.08. The molecule has 3 nitrogen and oxygen atoms in total. The maximum absolute atomic E-state index is 10.6. The fourth-order valence-corrected chi connectivity index (χ4v) is 1.94. The second-order valence-corrected chi connectivity index (χ2v) is 4.00. The average Bonchev–Trinajstić information content (AvgIpc) is 2.19. The first-order valence-corrected chi connectivity index (χ1v) is 5.68. The zero-order chi connectivity index (χ0) is 11.4. The van der Waals surface area contributed by atoms with Crippen molar-refractivity contribution in [1.29, 1.82) is 5.26 Å². The molecule has 0 unspecified atom stereocenters. The molecule has 0 fully saturated rings. The van der Waals surface area contributed by atoms with Gasteiger partial charge in [0.2, 0.25) is 0 Å². The topological polar surface area (TPSA) is 61.1 Å². The predicted octanol–water partition coefficient (Wildman–Crippen LogP) is 2.37. The van der Waals surface area contributed by atoms with Crippen LogP contribution in [0.3, 0.4) is 0 Å². The first-order valence-electron chi connectivity index (χ1n) is 4.11. The van der Waals surface area contributed by atoms with Gasteiger partial charge in [-0.05, 0) is 17.2 Å². The average molecular weight is 286 g/mol. The number of benzene rings is 1. The summed E-state index contributed by atoms with van der Waals surface area (Å²) in [5, 5.41) is 18.0. The van der Waals surface area contributed by atoms with E-state index in [9.17, 15) is 4.79 Å². The van der Waals surface area contributed by atoms with Crippen LogP contribution in [-0.4, -0.2) is 11.1 Å². The van der Waals surface area contributed by atoms with Crippen molar-refractivity contribution in [3.8, 4) is 6.07 Å². The Morgan fingerprint density at radius 1 is 1.53 bits per heavy atom. The van der Waals surface area contributed by atoms with E-state index in [1.54, 1.807) is 12.1 Å². The van der Waals surface area contributed by atoms with E-state index in [0.717, 1.165) is 5.56 Å². The van der Waals surface area contributed by atoms with Gasteiger partial charge in [-0.15, -0.1) is 12.6 Å². The molecule has 0 bridgehead atoms. The fourth-order valence-electron chi connectivity index (χ4n) is 1.20. The van der Waals surface area contributed by atoms with E-state index in [-0.39, 0.29) is 6.42 Å². The third kappa shape index (κ3) is 2.98. The van der Waals surface area contributed by atoms with E-state index >= 15 is 0 Å². The van der Waals surface area contributed by atoms with Gasteiger partial charge >= 0.3 is 5.97 Å². The summed E-state index contributed by atoms with van der Waals surface area (Å²) in [5.74, 6) is -0.907. The lowest BCUT2D eigenvalue weighted by Gasteiger charge is -2.06. The van der Waals surface area contributed by atoms with E-state index in [1.807, 2.05) is 6.07 Å². The Bertz CT molecular complexity index is 440. The van der Waals surface area contributed by atoms with Gasteiger partial charge in [-0.25, -0.2) is 0 Å². The van der Waals surface area contributed by atoms with Crippen LogP contribution in [0.5, 0.6) is 0 Å². The molecule has 0 amide bonds. The highest BCUT2D eigenvalue weighted by Crippen LogP contribution is 2.22. The van der Waals surface area contributed by atoms with E-state index in [4.69, 9.17) is 10.4 Å². The summed E-state index contributed by atoms with van der Waals surface area (Å²) >= 11 is 7.40. The summed E-state index contributed by atoms with van der Waals surface area (Å²) in [6.07, 6.45) is -0.0788. The molecule has 0 aliphatic heterocycles. The zero-order valence-electron chi connectivity index (χ0n) is 7.70. The number of halogens is 1. The minimum absolute atomic E-state index is 0.0788. The molecule has 0 aromatic heterocycles. The second kappa shape index (κ2) is 5.19. The number of carboxylic acids is 1. The molecule has 0 radical (unpaired) electrons. The molecular weight excluding hydrogens is 278 g/mol. The van der Waals surface area contributed by atoms with Crippen molar-refractivity contribution in [3.63, 3.8) is 0 Å². The number of alkyl halides is 1. The number of nitrogens with zero attached hydrogens (tertiary/aromatic N) is 1. The van der Waals surface area contributed by atoms with Crippen LogP contribution in [0.15, 0.2) is 17.0 Å². The van der Waals surface area contributed by atoms with Crippen LogP contribution >= 0.6 is 28.6 Å². The lowest BCUT2D eigenvalue weighted by Crippen LogP contribution is -2.02. The monoisotopic (exact) mass is 285 g/mol. The summed E-state index contributed by atoms with van der Waals surface area (Å²) in [4.78, 5) is 11.1. The first kappa shape index (κ1) is 12.1. The smallest absolute Gasteiger partial charge is 0.307 e. The van der Waals surface area contributed by atoms with Crippen LogP contribution in [0, 0.1) is 11.3 Å². The zero-order valence-corrected chi connectivity index (χ0v) is 10.2. The summed E-state index contributed by atoms with van der Waals surface area (Å²) in [6, 6.07) is 5.33. The molecule has 1 N–H and O–H groups in total. The minimum Gasteiger partial charge on any atom is -0.481 e. The van der Waals surface area contributed by atoms with Crippen molar-refractivity contribution < 1.29 is 9.90 Å². The van der Waals surface area contributed by atoms with Crippen molar-refractivity contribution >= 4 is 34.5 Å². The molecule has 0 aliphatic rings. The largest absolute Gasteiger partial charge is 0.481 e. The van der Waals surface area contributed by atoms with Crippen molar-refractivity contribution in [2.45, 2.75) is 16.6 Å². The van der Waals surface area contributed by atoms with Gasteiger partial charge in [0.05, 0.1) is 18.1 Å². The normalized spacial score (nSPS) is 9.67. The number of hydrogen-bond donors (Lipinski definition) is 2. The molecule has 0 saturated carbocycles. The molecule has 1 aromatic carbocycles. The van der Waals surface area contributed by atoms with E-state index < -0.39 is 5.97 Å². The Balaban J connectivity index is 3.21. The summed E-state index contributed by atoms with van der Waals surface area (Å²) in [7, 11) is 0. The number of carboxylic acid groups (broad SMARTS) is 1. The van der Waals surface area contributed by atoms with E-state index in [1.165, 1.54) is 0 Å². The van der Waals surface area contributed by atoms with Gasteiger partial charge in [0.15, 0.2) is 0 Å². The van der Waals surface area contributed by atoms with Gasteiger partial charge in [0.25, 0.3) is 0 Å². The standard InChI is InChI=1S/C10H8BrNO2S/c11-4-7-1-6(3-10(13)14)9(15)2-8(7)5-12/h1-2,15H,3-4H2,(H,13,14). The van der Waals surface area contributed by atoms with Crippen molar-refractivity contribution in [2.24, 2.45) is 0 Å². The lowest BCUT2D eigenvalue weighted by molar-refractivity contribution is -0.136. The van der Waals surface area contributed by atoms with Gasteiger partial charge in [0.1, 0.15) is 0 Å². The van der Waals surface area contributed by atoms with E-state index in [2.05, 4.69) is 28.6 Å². The van der Waals surface area contributed by atoms with Crippen molar-refractivity contribution in [1.82, 2.24) is 0 Å². The van der Waals surface area contributed by atoms with Crippen LogP contribution < -0.4 is 0 Å². The maximum atomic E-state index is 10.6. The first-order chi connectivity index (χ1) is 7.08. The van der Waals surface area contributed by atoms with Crippen LogP contribution in [-0.2, 0) is 16.5 Å². The van der Waals surface area contributed by atoms with Crippen LogP contribution in [0.25, 0.3) is 0 Å². The molecule has 0 heterocycles. The molecule has 78 valence electrons. The number of aliphatic carboxylic acids is 1. The van der Waals surface area contributed by atoms with Gasteiger partial charge in [-0.2, -0.15) is 5.26 Å². The SMILES string of the molecule is N#Cc1cc(S)c(CC(=O)O)cc1CBr. The number of rotatable bonds is 3. The van der Waals surface area contributed by atoms with E-state index in [0.29, 0.717) is 21.4 Å². The number of nitriles is 1. The molecule has 0 saturated heterocycles. The number of carbonyl (C=O) groups is 1. The Kier molecular flexibility index (Phi) is 4.18. The van der Waals surface area contributed by atoms with Gasteiger partial charge in [0, 0.05) is 10.2 Å². The summed E-state index contributed by atoms with van der Waals surface area (Å²) in [5.41, 5.74) is 1.93. The summed E-state index contributed by atoms with van der Waals surface area (Å²) in [6.45, 7) is 0. The number of thiol groups is 1. The molecule has 1 rings (SSSR count). The van der Waals surface area contributed by atoms with Crippen molar-refractivity contribution in [3.05, 3.63) is 28.8 Å². The van der Waals surface area contributed by atoms with Gasteiger partial charge in [-0.3, -0.25) is 4.79 Å². The molecule has 0 spiro atoms. The Morgan fingerprint density at radius 2 is 2.20 bits per heavy atom.